The van der Waals surface area contributed by atoms with Crippen LogP contribution < -0.4 is 15.4 Å². The van der Waals surface area contributed by atoms with E-state index in [-0.39, 0.29) is 5.91 Å². The van der Waals surface area contributed by atoms with Crippen molar-refractivity contribution >= 4 is 45.4 Å². The number of hydrogen-bond acceptors (Lipinski definition) is 5. The predicted molar refractivity (Wildman–Crippen MR) is 102 cm³/mol. The van der Waals surface area contributed by atoms with Gasteiger partial charge in [-0.25, -0.2) is 4.98 Å². The van der Waals surface area contributed by atoms with Crippen LogP contribution in [0.3, 0.4) is 0 Å². The highest BCUT2D eigenvalue weighted by Crippen LogP contribution is 2.23. The van der Waals surface area contributed by atoms with Gasteiger partial charge in [0.1, 0.15) is 11.4 Å². The first-order valence-corrected chi connectivity index (χ1v) is 8.92. The highest BCUT2D eigenvalue weighted by molar-refractivity contribution is 7.14. The number of amides is 1. The van der Waals surface area contributed by atoms with E-state index in [9.17, 15) is 4.79 Å². The summed E-state index contributed by atoms with van der Waals surface area (Å²) in [4.78, 5) is 16.6. The lowest BCUT2D eigenvalue weighted by atomic mass is 10.3. The number of nitrogens with one attached hydrogen (secondary N) is 2. The van der Waals surface area contributed by atoms with Crippen molar-refractivity contribution in [3.05, 3.63) is 64.6 Å². The second-order valence-corrected chi connectivity index (χ2v) is 6.38. The van der Waals surface area contributed by atoms with Crippen molar-refractivity contribution in [2.24, 2.45) is 0 Å². The van der Waals surface area contributed by atoms with Gasteiger partial charge in [-0.3, -0.25) is 4.79 Å². The number of hydrogen-bond donors (Lipinski definition) is 2. The monoisotopic (exact) mass is 373 g/mol. The lowest BCUT2D eigenvalue weighted by molar-refractivity contribution is 0.102. The van der Waals surface area contributed by atoms with E-state index in [1.54, 1.807) is 29.6 Å². The molecule has 0 spiro atoms. The number of nitrogens with zero attached hydrogens (tertiary/aromatic N) is 1. The molecule has 128 valence electrons. The maximum atomic E-state index is 12.3. The van der Waals surface area contributed by atoms with Gasteiger partial charge in [0.25, 0.3) is 5.91 Å². The molecule has 7 heteroatoms. The van der Waals surface area contributed by atoms with Crippen LogP contribution in [0.5, 0.6) is 5.75 Å². The Balaban J connectivity index is 1.64. The molecular formula is C18H16ClN3O2S. The molecular weight excluding hydrogens is 358 g/mol. The average molecular weight is 374 g/mol. The van der Waals surface area contributed by atoms with E-state index < -0.39 is 0 Å². The van der Waals surface area contributed by atoms with Gasteiger partial charge in [0.15, 0.2) is 5.13 Å². The first-order valence-electron chi connectivity index (χ1n) is 7.66. The van der Waals surface area contributed by atoms with E-state index in [0.29, 0.717) is 28.1 Å². The Morgan fingerprint density at radius 3 is 2.72 bits per heavy atom. The summed E-state index contributed by atoms with van der Waals surface area (Å²) >= 11 is 7.28. The summed E-state index contributed by atoms with van der Waals surface area (Å²) in [5, 5.41) is 8.85. The average Bonchev–Trinajstić information content (AvgIpc) is 3.06. The second-order valence-electron chi connectivity index (χ2n) is 5.08. The summed E-state index contributed by atoms with van der Waals surface area (Å²) in [5.74, 6) is 0.534. The Kier molecular flexibility index (Phi) is 5.53. The summed E-state index contributed by atoms with van der Waals surface area (Å²) in [5.41, 5.74) is 1.85. The van der Waals surface area contributed by atoms with Crippen molar-refractivity contribution in [2.75, 3.05) is 17.2 Å². The van der Waals surface area contributed by atoms with Crippen LogP contribution in [0.1, 0.15) is 17.4 Å². The second kappa shape index (κ2) is 8.00. The zero-order valence-electron chi connectivity index (χ0n) is 13.5. The Labute approximate surface area is 154 Å². The predicted octanol–water partition coefficient (Wildman–Crippen LogP) is 5.19. The van der Waals surface area contributed by atoms with Crippen LogP contribution in [0.4, 0.5) is 16.5 Å². The third kappa shape index (κ3) is 4.71. The summed E-state index contributed by atoms with van der Waals surface area (Å²) in [6, 6.07) is 14.5. The van der Waals surface area contributed by atoms with Crippen LogP contribution in [0.25, 0.3) is 0 Å². The van der Waals surface area contributed by atoms with Crippen molar-refractivity contribution in [2.45, 2.75) is 6.92 Å². The van der Waals surface area contributed by atoms with E-state index >= 15 is 0 Å². The van der Waals surface area contributed by atoms with Crippen molar-refractivity contribution in [3.63, 3.8) is 0 Å². The normalized spacial score (nSPS) is 10.3. The minimum Gasteiger partial charge on any atom is -0.494 e. The van der Waals surface area contributed by atoms with Crippen LogP contribution in [0.15, 0.2) is 53.9 Å². The molecule has 0 aliphatic rings. The molecule has 3 rings (SSSR count). The molecule has 0 saturated carbocycles. The first kappa shape index (κ1) is 17.3. The third-order valence-electron chi connectivity index (χ3n) is 3.24. The summed E-state index contributed by atoms with van der Waals surface area (Å²) in [6.07, 6.45) is 0. The number of anilines is 3. The van der Waals surface area contributed by atoms with Crippen molar-refractivity contribution in [3.8, 4) is 5.75 Å². The fourth-order valence-corrected chi connectivity index (χ4v) is 3.02. The van der Waals surface area contributed by atoms with E-state index in [1.165, 1.54) is 11.3 Å². The van der Waals surface area contributed by atoms with Crippen LogP contribution in [-0.4, -0.2) is 17.5 Å². The van der Waals surface area contributed by atoms with Gasteiger partial charge in [0.2, 0.25) is 0 Å². The van der Waals surface area contributed by atoms with Gasteiger partial charge >= 0.3 is 0 Å². The van der Waals surface area contributed by atoms with Gasteiger partial charge < -0.3 is 15.4 Å². The van der Waals surface area contributed by atoms with E-state index in [0.717, 1.165) is 11.4 Å². The quantitative estimate of drug-likeness (QED) is 0.624. The van der Waals surface area contributed by atoms with Crippen molar-refractivity contribution in [1.29, 1.82) is 0 Å². The van der Waals surface area contributed by atoms with E-state index in [4.69, 9.17) is 16.3 Å². The maximum absolute atomic E-state index is 12.3. The summed E-state index contributed by atoms with van der Waals surface area (Å²) in [7, 11) is 0. The number of halogens is 1. The molecule has 0 unspecified atom stereocenters. The zero-order valence-corrected chi connectivity index (χ0v) is 15.0. The SMILES string of the molecule is CCOc1ccc(Nc2nc(C(=O)Nc3cccc(Cl)c3)cs2)cc1. The lowest BCUT2D eigenvalue weighted by Crippen LogP contribution is -2.12. The molecule has 2 N–H and O–H groups in total. The minimum absolute atomic E-state index is 0.279. The number of ether oxygens (including phenoxy) is 1. The molecule has 0 fully saturated rings. The smallest absolute Gasteiger partial charge is 0.275 e. The van der Waals surface area contributed by atoms with Gasteiger partial charge in [-0.2, -0.15) is 0 Å². The highest BCUT2D eigenvalue weighted by atomic mass is 35.5. The molecule has 0 atom stereocenters. The Morgan fingerprint density at radius 2 is 2.00 bits per heavy atom. The molecule has 25 heavy (non-hydrogen) atoms. The van der Waals surface area contributed by atoms with Gasteiger partial charge in [0, 0.05) is 21.8 Å². The zero-order chi connectivity index (χ0) is 17.6. The Morgan fingerprint density at radius 1 is 1.20 bits per heavy atom. The Hall–Kier alpha value is -2.57. The van der Waals surface area contributed by atoms with Gasteiger partial charge in [-0.1, -0.05) is 17.7 Å². The van der Waals surface area contributed by atoms with Crippen LogP contribution in [0.2, 0.25) is 5.02 Å². The van der Waals surface area contributed by atoms with Crippen LogP contribution in [0, 0.1) is 0 Å². The third-order valence-corrected chi connectivity index (χ3v) is 4.23. The van der Waals surface area contributed by atoms with E-state index in [2.05, 4.69) is 15.6 Å². The van der Waals surface area contributed by atoms with E-state index in [1.807, 2.05) is 31.2 Å². The molecule has 0 aliphatic carbocycles. The molecule has 0 bridgehead atoms. The van der Waals surface area contributed by atoms with Gasteiger partial charge in [-0.05, 0) is 49.4 Å². The molecule has 0 radical (unpaired) electrons. The number of aromatic nitrogens is 1. The molecule has 1 heterocycles. The topological polar surface area (TPSA) is 63.2 Å². The molecule has 2 aromatic carbocycles. The number of carbonyl (C=O) groups excluding carboxylic acids is 1. The molecule has 0 saturated heterocycles. The maximum Gasteiger partial charge on any atom is 0.275 e. The largest absolute Gasteiger partial charge is 0.494 e. The minimum atomic E-state index is -0.279. The van der Waals surface area contributed by atoms with Gasteiger partial charge in [-0.15, -0.1) is 11.3 Å². The van der Waals surface area contributed by atoms with Crippen molar-refractivity contribution < 1.29 is 9.53 Å². The fourth-order valence-electron chi connectivity index (χ4n) is 2.12. The molecule has 0 aliphatic heterocycles. The van der Waals surface area contributed by atoms with Crippen molar-refractivity contribution in [1.82, 2.24) is 4.98 Å². The summed E-state index contributed by atoms with van der Waals surface area (Å²) in [6.45, 7) is 2.57. The number of benzene rings is 2. The standard InChI is InChI=1S/C18H16ClN3O2S/c1-2-24-15-8-6-13(7-9-15)21-18-22-16(11-25-18)17(23)20-14-5-3-4-12(19)10-14/h3-11H,2H2,1H3,(H,20,23)(H,21,22). The van der Waals surface area contributed by atoms with Gasteiger partial charge in [0.05, 0.1) is 6.61 Å². The number of carbonyl (C=O) groups is 1. The molecule has 5 nitrogen and oxygen atoms in total. The lowest BCUT2D eigenvalue weighted by Gasteiger charge is -2.05. The Bertz CT molecular complexity index is 865. The molecule has 1 amide bonds. The highest BCUT2D eigenvalue weighted by Gasteiger charge is 2.11. The van der Waals surface area contributed by atoms with Crippen LogP contribution >= 0.6 is 22.9 Å². The molecule has 1 aromatic heterocycles. The number of rotatable bonds is 6. The fraction of sp³-hybridized carbons (Fsp3) is 0.111. The first-order chi connectivity index (χ1) is 12.1. The summed E-state index contributed by atoms with van der Waals surface area (Å²) < 4.78 is 5.41. The number of thiazole rings is 1. The van der Waals surface area contributed by atoms with Crippen LogP contribution in [-0.2, 0) is 0 Å². The molecule has 3 aromatic rings.